The van der Waals surface area contributed by atoms with Gasteiger partial charge in [-0.2, -0.15) is 0 Å². The van der Waals surface area contributed by atoms with Gasteiger partial charge in [0, 0.05) is 4.91 Å². The van der Waals surface area contributed by atoms with Crippen molar-refractivity contribution in [2.75, 3.05) is 0 Å². The van der Waals surface area contributed by atoms with E-state index in [9.17, 15) is 19.8 Å². The molecule has 5 nitrogen and oxygen atoms in total. The Morgan fingerprint density at radius 2 is 2.10 bits per heavy atom. The van der Waals surface area contributed by atoms with Crippen molar-refractivity contribution < 1.29 is 71.2 Å². The molecule has 0 radical (unpaired) electrons. The van der Waals surface area contributed by atoms with Crippen LogP contribution in [0.25, 0.3) is 0 Å². The zero-order chi connectivity index (χ0) is 14.4. The summed E-state index contributed by atoms with van der Waals surface area (Å²) in [5, 5.41) is 20.6. The van der Waals surface area contributed by atoms with Gasteiger partial charge >= 0.3 is 51.4 Å². The number of thioether (sulfide) groups is 1. The van der Waals surface area contributed by atoms with Crippen molar-refractivity contribution in [1.82, 2.24) is 4.90 Å². The number of nitrogens with zero attached hydrogens (tertiary/aromatic N) is 1. The van der Waals surface area contributed by atoms with Gasteiger partial charge in [0.25, 0.3) is 0 Å². The van der Waals surface area contributed by atoms with Crippen LogP contribution < -0.4 is 56.5 Å². The molecule has 1 N–H and O–H groups in total. The SMILES string of the molecule is CC1=C(C(=O)[O-])N2C(=O)C(Cc3ccccc3O)[C@@H]2S1.[K+]. The molecular weight excluding hydrogens is 317 g/mol. The molecule has 1 unspecified atom stereocenters. The van der Waals surface area contributed by atoms with Crippen LogP contribution in [0.4, 0.5) is 0 Å². The molecule has 2 heterocycles. The standard InChI is InChI=1S/C14H13NO4S.K/c1-7-11(14(18)19)15-12(17)9(13(15)20-7)6-8-4-2-3-5-10(8)16;/h2-5,9,13,16H,6H2,1H3,(H,18,19);/q;+1/p-1/t9?,13-;/m0./s1. The van der Waals surface area contributed by atoms with Crippen LogP contribution in [-0.4, -0.2) is 27.3 Å². The zero-order valence-corrected chi connectivity index (χ0v) is 15.6. The number of hydrogen-bond donors (Lipinski definition) is 1. The summed E-state index contributed by atoms with van der Waals surface area (Å²) < 4.78 is 0. The molecule has 1 aromatic rings. The molecular formula is C14H12KNO4S. The first kappa shape index (κ1) is 17.0. The van der Waals surface area contributed by atoms with E-state index < -0.39 is 5.97 Å². The Labute approximate surface area is 168 Å². The summed E-state index contributed by atoms with van der Waals surface area (Å²) in [6.07, 6.45) is 0.410. The van der Waals surface area contributed by atoms with E-state index in [4.69, 9.17) is 0 Å². The largest absolute Gasteiger partial charge is 1.00 e. The van der Waals surface area contributed by atoms with Crippen LogP contribution in [0.3, 0.4) is 0 Å². The molecule has 21 heavy (non-hydrogen) atoms. The van der Waals surface area contributed by atoms with Crippen molar-refractivity contribution in [3.05, 3.63) is 40.4 Å². The number of hydrogen-bond acceptors (Lipinski definition) is 5. The smallest absolute Gasteiger partial charge is 0.543 e. The summed E-state index contributed by atoms with van der Waals surface area (Å²) in [6.45, 7) is 1.68. The quantitative estimate of drug-likeness (QED) is 0.488. The summed E-state index contributed by atoms with van der Waals surface area (Å²) in [5.41, 5.74) is 0.684. The number of amides is 1. The zero-order valence-electron chi connectivity index (χ0n) is 11.7. The molecule has 1 saturated heterocycles. The average molecular weight is 329 g/mol. The van der Waals surface area contributed by atoms with E-state index in [0.29, 0.717) is 16.9 Å². The third-order valence-corrected chi connectivity index (χ3v) is 4.98. The number of β-lactam (4-membered cyclic amide) rings is 1. The van der Waals surface area contributed by atoms with Crippen LogP contribution >= 0.6 is 11.8 Å². The molecule has 2 aliphatic heterocycles. The number of rotatable bonds is 3. The number of aromatic hydroxyl groups is 1. The Morgan fingerprint density at radius 1 is 1.43 bits per heavy atom. The molecule has 2 aliphatic rings. The van der Waals surface area contributed by atoms with Crippen molar-refractivity contribution in [3.63, 3.8) is 0 Å². The summed E-state index contributed by atoms with van der Waals surface area (Å²) in [7, 11) is 0. The van der Waals surface area contributed by atoms with Crippen molar-refractivity contribution in [3.8, 4) is 5.75 Å². The van der Waals surface area contributed by atoms with Gasteiger partial charge in [0.15, 0.2) is 0 Å². The summed E-state index contributed by atoms with van der Waals surface area (Å²) in [4.78, 5) is 25.1. The summed E-state index contributed by atoms with van der Waals surface area (Å²) >= 11 is 1.37. The fourth-order valence-electron chi connectivity index (χ4n) is 2.65. The molecule has 3 rings (SSSR count). The second-order valence-electron chi connectivity index (χ2n) is 4.85. The number of benzene rings is 1. The molecule has 2 atom stereocenters. The summed E-state index contributed by atoms with van der Waals surface area (Å²) in [6, 6.07) is 6.87. The van der Waals surface area contributed by atoms with Crippen molar-refractivity contribution >= 4 is 23.6 Å². The van der Waals surface area contributed by atoms with Crippen molar-refractivity contribution in [2.24, 2.45) is 5.92 Å². The van der Waals surface area contributed by atoms with Gasteiger partial charge in [-0.3, -0.25) is 9.69 Å². The van der Waals surface area contributed by atoms with Crippen LogP contribution in [0.15, 0.2) is 34.9 Å². The Kier molecular flexibility index (Phi) is 5.22. The number of allylic oxidation sites excluding steroid dienone is 1. The van der Waals surface area contributed by atoms with Crippen LogP contribution in [0.5, 0.6) is 5.75 Å². The third-order valence-electron chi connectivity index (χ3n) is 3.65. The molecule has 7 heteroatoms. The van der Waals surface area contributed by atoms with Gasteiger partial charge in [-0.15, -0.1) is 11.8 Å². The maximum atomic E-state index is 12.1. The first-order valence-corrected chi connectivity index (χ1v) is 7.07. The minimum atomic E-state index is -1.31. The topological polar surface area (TPSA) is 80.7 Å². The van der Waals surface area contributed by atoms with E-state index in [1.54, 1.807) is 31.2 Å². The molecule has 0 saturated carbocycles. The minimum absolute atomic E-state index is 0. The number of carboxylic acid groups (broad SMARTS) is 1. The van der Waals surface area contributed by atoms with Gasteiger partial charge in [-0.05, 0) is 25.0 Å². The molecule has 1 amide bonds. The number of phenolic OH excluding ortho intramolecular Hbond substituents is 1. The Balaban J connectivity index is 0.00000161. The maximum absolute atomic E-state index is 12.1. The minimum Gasteiger partial charge on any atom is -0.543 e. The van der Waals surface area contributed by atoms with E-state index >= 15 is 0 Å². The first-order chi connectivity index (χ1) is 9.50. The molecule has 0 aromatic heterocycles. The van der Waals surface area contributed by atoms with Crippen LogP contribution in [0.1, 0.15) is 12.5 Å². The van der Waals surface area contributed by atoms with Gasteiger partial charge < -0.3 is 15.0 Å². The normalized spacial score (nSPS) is 23.5. The van der Waals surface area contributed by atoms with E-state index in [2.05, 4.69) is 0 Å². The fourth-order valence-corrected chi connectivity index (χ4v) is 4.00. The predicted octanol–water partition coefficient (Wildman–Crippen LogP) is -2.55. The van der Waals surface area contributed by atoms with Crippen molar-refractivity contribution in [2.45, 2.75) is 18.7 Å². The predicted molar refractivity (Wildman–Crippen MR) is 71.2 cm³/mol. The third kappa shape index (κ3) is 2.83. The molecule has 1 aromatic carbocycles. The molecule has 1 fully saturated rings. The van der Waals surface area contributed by atoms with Crippen LogP contribution in [0.2, 0.25) is 0 Å². The maximum Gasteiger partial charge on any atom is 1.00 e. The second-order valence-corrected chi connectivity index (χ2v) is 6.18. The fraction of sp³-hybridized carbons (Fsp3) is 0.286. The Morgan fingerprint density at radius 3 is 2.71 bits per heavy atom. The van der Waals surface area contributed by atoms with E-state index in [-0.39, 0.29) is 80.0 Å². The van der Waals surface area contributed by atoms with E-state index in [0.717, 1.165) is 0 Å². The number of para-hydroxylation sites is 1. The van der Waals surface area contributed by atoms with Crippen LogP contribution in [0, 0.1) is 5.92 Å². The van der Waals surface area contributed by atoms with Gasteiger partial charge in [0.2, 0.25) is 5.91 Å². The van der Waals surface area contributed by atoms with Gasteiger partial charge in [0.05, 0.1) is 23.0 Å². The molecule has 0 spiro atoms. The average Bonchev–Trinajstić information content (AvgIpc) is 2.72. The van der Waals surface area contributed by atoms with Gasteiger partial charge in [-0.25, -0.2) is 0 Å². The Bertz CT molecular complexity index is 646. The van der Waals surface area contributed by atoms with E-state index in [1.807, 2.05) is 0 Å². The number of carbonyl (C=O) groups excluding carboxylic acids is 2. The number of fused-ring (bicyclic) bond motifs is 1. The van der Waals surface area contributed by atoms with Gasteiger partial charge in [0.1, 0.15) is 5.75 Å². The summed E-state index contributed by atoms with van der Waals surface area (Å²) in [5.74, 6) is -1.68. The molecule has 0 aliphatic carbocycles. The second kappa shape index (κ2) is 6.43. The van der Waals surface area contributed by atoms with Crippen LogP contribution in [-0.2, 0) is 16.0 Å². The molecule has 104 valence electrons. The Hall–Kier alpha value is -0.314. The van der Waals surface area contributed by atoms with Gasteiger partial charge in [-0.1, -0.05) is 18.2 Å². The van der Waals surface area contributed by atoms with Crippen molar-refractivity contribution in [1.29, 1.82) is 0 Å². The number of aliphatic carboxylic acids is 1. The number of carbonyl (C=O) groups is 2. The van der Waals surface area contributed by atoms with E-state index in [1.165, 1.54) is 16.7 Å². The molecule has 0 bridgehead atoms. The first-order valence-electron chi connectivity index (χ1n) is 6.19. The number of phenols is 1. The monoisotopic (exact) mass is 329 g/mol. The number of carboxylic acids is 1.